The minimum Gasteiger partial charge on any atom is -0.291 e. The summed E-state index contributed by atoms with van der Waals surface area (Å²) in [4.78, 5) is 5.34. The number of nitrogens with zero attached hydrogens (tertiary/aromatic N) is 2. The lowest BCUT2D eigenvalue weighted by atomic mass is 9.70. The summed E-state index contributed by atoms with van der Waals surface area (Å²) in [6.45, 7) is 4.64. The van der Waals surface area contributed by atoms with Crippen molar-refractivity contribution in [1.82, 2.24) is 9.80 Å². The topological polar surface area (TPSA) is 6.48 Å². The van der Waals surface area contributed by atoms with E-state index < -0.39 is 0 Å². The van der Waals surface area contributed by atoms with Gasteiger partial charge in [0.2, 0.25) is 0 Å². The molecular formula is C31H30N2. The van der Waals surface area contributed by atoms with Gasteiger partial charge in [-0.15, -0.1) is 0 Å². The zero-order chi connectivity index (χ0) is 22.1. The van der Waals surface area contributed by atoms with Crippen molar-refractivity contribution in [2.45, 2.75) is 12.1 Å². The maximum Gasteiger partial charge on any atom is 0.0602 e. The number of hydrogen-bond acceptors (Lipinski definition) is 2. The second-order valence-electron chi connectivity index (χ2n) is 9.76. The van der Waals surface area contributed by atoms with Gasteiger partial charge in [-0.3, -0.25) is 9.80 Å². The van der Waals surface area contributed by atoms with Gasteiger partial charge in [0.25, 0.3) is 0 Å². The molecule has 2 aliphatic heterocycles. The van der Waals surface area contributed by atoms with Gasteiger partial charge in [-0.25, -0.2) is 0 Å². The maximum atomic E-state index is 2.67. The van der Waals surface area contributed by atoms with E-state index >= 15 is 0 Å². The van der Waals surface area contributed by atoms with Crippen molar-refractivity contribution < 1.29 is 0 Å². The molecule has 4 aromatic rings. The van der Waals surface area contributed by atoms with E-state index in [4.69, 9.17) is 0 Å². The lowest BCUT2D eigenvalue weighted by molar-refractivity contribution is -0.135. The van der Waals surface area contributed by atoms with E-state index in [9.17, 15) is 0 Å². The Labute approximate surface area is 197 Å². The van der Waals surface area contributed by atoms with E-state index in [0.717, 1.165) is 26.2 Å². The molecule has 0 aliphatic carbocycles. The van der Waals surface area contributed by atoms with E-state index in [0.29, 0.717) is 17.5 Å². The summed E-state index contributed by atoms with van der Waals surface area (Å²) in [7, 11) is 0. The van der Waals surface area contributed by atoms with Crippen LogP contribution in [0.5, 0.6) is 0 Å². The number of hydrogen-bond donors (Lipinski definition) is 0. The maximum absolute atomic E-state index is 2.67. The molecule has 1 spiro atoms. The molecule has 0 N–H and O–H groups in total. The van der Waals surface area contributed by atoms with Gasteiger partial charge in [-0.1, -0.05) is 121 Å². The fourth-order valence-corrected chi connectivity index (χ4v) is 5.97. The van der Waals surface area contributed by atoms with E-state index in [2.05, 4.69) is 131 Å². The van der Waals surface area contributed by atoms with Gasteiger partial charge in [-0.05, 0) is 22.3 Å². The minimum atomic E-state index is 0.339. The molecule has 0 unspecified atom stereocenters. The first-order valence-electron chi connectivity index (χ1n) is 12.0. The van der Waals surface area contributed by atoms with Crippen LogP contribution in [0.25, 0.3) is 0 Å². The standard InChI is InChI=1S/C31H30N2/c1-5-13-25(14-6-1)29(26-15-7-2-8-16-26)32-21-31(22-32)23-33(24-31)30(27-17-9-3-10-18-27)28-19-11-4-12-20-28/h1-20,29-30H,21-24H2. The largest absolute Gasteiger partial charge is 0.291 e. The molecule has 2 aliphatic rings. The van der Waals surface area contributed by atoms with Crippen LogP contribution in [0.4, 0.5) is 0 Å². The highest BCUT2D eigenvalue weighted by Gasteiger charge is 2.54. The summed E-state index contributed by atoms with van der Waals surface area (Å²) in [6, 6.07) is 44.6. The summed E-state index contributed by atoms with van der Waals surface area (Å²) < 4.78 is 0. The Balaban J connectivity index is 1.20. The predicted molar refractivity (Wildman–Crippen MR) is 135 cm³/mol. The van der Waals surface area contributed by atoms with Crippen LogP contribution in [0.3, 0.4) is 0 Å². The molecular weight excluding hydrogens is 400 g/mol. The highest BCUT2D eigenvalue weighted by molar-refractivity contribution is 5.35. The summed E-state index contributed by atoms with van der Waals surface area (Å²) in [5, 5.41) is 0. The van der Waals surface area contributed by atoms with Crippen LogP contribution >= 0.6 is 0 Å². The Kier molecular flexibility index (Phi) is 5.33. The van der Waals surface area contributed by atoms with Crippen molar-refractivity contribution in [3.05, 3.63) is 144 Å². The molecule has 0 amide bonds. The molecule has 2 heteroatoms. The lowest BCUT2D eigenvalue weighted by Gasteiger charge is -2.63. The number of benzene rings is 4. The van der Waals surface area contributed by atoms with Crippen molar-refractivity contribution in [2.75, 3.05) is 26.2 Å². The SMILES string of the molecule is c1ccc(C(c2ccccc2)N2CC3(C2)CN(C(c2ccccc2)c2ccccc2)C3)cc1. The molecule has 0 atom stereocenters. The van der Waals surface area contributed by atoms with Crippen molar-refractivity contribution >= 4 is 0 Å². The molecule has 164 valence electrons. The summed E-state index contributed by atoms with van der Waals surface area (Å²) in [6.07, 6.45) is 0. The Morgan fingerprint density at radius 1 is 0.394 bits per heavy atom. The molecule has 33 heavy (non-hydrogen) atoms. The van der Waals surface area contributed by atoms with Crippen molar-refractivity contribution in [3.63, 3.8) is 0 Å². The molecule has 2 nitrogen and oxygen atoms in total. The van der Waals surface area contributed by atoms with E-state index in [1.807, 2.05) is 0 Å². The Morgan fingerprint density at radius 3 is 0.879 bits per heavy atom. The van der Waals surface area contributed by atoms with Crippen LogP contribution < -0.4 is 0 Å². The number of rotatable bonds is 6. The van der Waals surface area contributed by atoms with Crippen LogP contribution in [-0.4, -0.2) is 36.0 Å². The fraction of sp³-hybridized carbons (Fsp3) is 0.226. The average molecular weight is 431 g/mol. The quantitative estimate of drug-likeness (QED) is 0.360. The monoisotopic (exact) mass is 430 g/mol. The molecule has 2 heterocycles. The molecule has 4 aromatic carbocycles. The lowest BCUT2D eigenvalue weighted by Crippen LogP contribution is -2.72. The zero-order valence-corrected chi connectivity index (χ0v) is 18.9. The smallest absolute Gasteiger partial charge is 0.0602 e. The van der Waals surface area contributed by atoms with Gasteiger partial charge in [-0.2, -0.15) is 0 Å². The van der Waals surface area contributed by atoms with Gasteiger partial charge >= 0.3 is 0 Å². The van der Waals surface area contributed by atoms with Gasteiger partial charge in [0.05, 0.1) is 12.1 Å². The van der Waals surface area contributed by atoms with Crippen LogP contribution in [0, 0.1) is 5.41 Å². The molecule has 2 saturated heterocycles. The first-order valence-corrected chi connectivity index (χ1v) is 12.0. The molecule has 6 rings (SSSR count). The van der Waals surface area contributed by atoms with E-state index in [-0.39, 0.29) is 0 Å². The molecule has 2 fully saturated rings. The number of likely N-dealkylation sites (tertiary alicyclic amines) is 2. The first kappa shape index (κ1) is 20.4. The summed E-state index contributed by atoms with van der Waals surface area (Å²) in [5.74, 6) is 0. The minimum absolute atomic E-state index is 0.339. The zero-order valence-electron chi connectivity index (χ0n) is 18.9. The van der Waals surface area contributed by atoms with Crippen LogP contribution in [0.2, 0.25) is 0 Å². The van der Waals surface area contributed by atoms with Gasteiger partial charge < -0.3 is 0 Å². The summed E-state index contributed by atoms with van der Waals surface area (Å²) >= 11 is 0. The summed E-state index contributed by atoms with van der Waals surface area (Å²) in [5.41, 5.74) is 5.98. The molecule has 0 bridgehead atoms. The average Bonchev–Trinajstić information content (AvgIpc) is 2.84. The second kappa shape index (κ2) is 8.62. The van der Waals surface area contributed by atoms with Crippen molar-refractivity contribution in [2.24, 2.45) is 5.41 Å². The Hall–Kier alpha value is -3.20. The van der Waals surface area contributed by atoms with E-state index in [1.54, 1.807) is 0 Å². The third kappa shape index (κ3) is 3.90. The van der Waals surface area contributed by atoms with Crippen molar-refractivity contribution in [1.29, 1.82) is 0 Å². The second-order valence-corrected chi connectivity index (χ2v) is 9.76. The van der Waals surface area contributed by atoms with Crippen molar-refractivity contribution in [3.8, 4) is 0 Å². The third-order valence-corrected chi connectivity index (χ3v) is 7.35. The Morgan fingerprint density at radius 2 is 0.636 bits per heavy atom. The van der Waals surface area contributed by atoms with Crippen LogP contribution in [0.15, 0.2) is 121 Å². The normalized spacial score (nSPS) is 17.8. The van der Waals surface area contributed by atoms with Crippen LogP contribution in [0.1, 0.15) is 34.3 Å². The predicted octanol–water partition coefficient (Wildman–Crippen LogP) is 6.18. The molecule has 0 saturated carbocycles. The third-order valence-electron chi connectivity index (χ3n) is 7.35. The van der Waals surface area contributed by atoms with E-state index in [1.165, 1.54) is 22.3 Å². The first-order chi connectivity index (χ1) is 16.3. The van der Waals surface area contributed by atoms with Crippen LogP contribution in [-0.2, 0) is 0 Å². The van der Waals surface area contributed by atoms with Gasteiger partial charge in [0.1, 0.15) is 0 Å². The highest BCUT2D eigenvalue weighted by atomic mass is 15.3. The Bertz CT molecular complexity index is 983. The fourth-order valence-electron chi connectivity index (χ4n) is 5.97. The van der Waals surface area contributed by atoms with Gasteiger partial charge in [0.15, 0.2) is 0 Å². The highest BCUT2D eigenvalue weighted by Crippen LogP contribution is 2.48. The molecule has 0 radical (unpaired) electrons. The van der Waals surface area contributed by atoms with Gasteiger partial charge in [0, 0.05) is 31.6 Å². The molecule has 0 aromatic heterocycles.